The molecule has 0 amide bonds. The molecule has 1 aliphatic rings. The number of aliphatic hydroxyl groups excluding tert-OH is 2. The first-order valence-corrected chi connectivity index (χ1v) is 8.02. The van der Waals surface area contributed by atoms with Crippen LogP contribution in [-0.4, -0.2) is 48.2 Å². The Morgan fingerprint density at radius 1 is 1.17 bits per heavy atom. The highest BCUT2D eigenvalue weighted by Crippen LogP contribution is 2.22. The largest absolute Gasteiger partial charge is 0.389 e. The van der Waals surface area contributed by atoms with E-state index in [9.17, 15) is 18.6 Å². The van der Waals surface area contributed by atoms with Crippen molar-refractivity contribution in [3.8, 4) is 0 Å². The van der Waals surface area contributed by atoms with Gasteiger partial charge in [-0.3, -0.25) is 0 Å². The predicted octanol–water partition coefficient (Wildman–Crippen LogP) is 0.308. The number of sulfonamides is 1. The Morgan fingerprint density at radius 2 is 1.67 bits per heavy atom. The van der Waals surface area contributed by atoms with E-state index < -0.39 is 22.2 Å². The van der Waals surface area contributed by atoms with Crippen LogP contribution in [-0.2, 0) is 15.4 Å². The summed E-state index contributed by atoms with van der Waals surface area (Å²) in [6, 6.07) is 6.52. The van der Waals surface area contributed by atoms with Crippen molar-refractivity contribution in [2.24, 2.45) is 0 Å². The highest BCUT2D eigenvalue weighted by Gasteiger charge is 2.37. The molecule has 2 N–H and O–H groups in total. The monoisotopic (exact) mass is 335 g/mol. The van der Waals surface area contributed by atoms with E-state index in [-0.39, 0.29) is 18.0 Å². The van der Waals surface area contributed by atoms with Crippen molar-refractivity contribution in [2.45, 2.75) is 22.4 Å². The first-order valence-electron chi connectivity index (χ1n) is 5.46. The number of nitrogens with zero attached hydrogens (tertiary/aromatic N) is 1. The summed E-state index contributed by atoms with van der Waals surface area (Å²) in [5.74, 6) is 0. The average Bonchev–Trinajstić information content (AvgIpc) is 2.70. The van der Waals surface area contributed by atoms with Crippen LogP contribution < -0.4 is 0 Å². The maximum Gasteiger partial charge on any atom is 0.243 e. The zero-order chi connectivity index (χ0) is 13.3. The molecule has 0 saturated carbocycles. The van der Waals surface area contributed by atoms with E-state index >= 15 is 0 Å². The topological polar surface area (TPSA) is 77.8 Å². The summed E-state index contributed by atoms with van der Waals surface area (Å²) in [4.78, 5) is 0.175. The van der Waals surface area contributed by atoms with Gasteiger partial charge in [-0.2, -0.15) is 4.31 Å². The first kappa shape index (κ1) is 14.0. The average molecular weight is 336 g/mol. The second-order valence-corrected chi connectivity index (χ2v) is 6.73. The van der Waals surface area contributed by atoms with Gasteiger partial charge in [-0.1, -0.05) is 28.1 Å². The minimum Gasteiger partial charge on any atom is -0.389 e. The second kappa shape index (κ2) is 5.26. The molecule has 0 bridgehead atoms. The van der Waals surface area contributed by atoms with Gasteiger partial charge in [0, 0.05) is 18.4 Å². The Labute approximate surface area is 114 Å². The van der Waals surface area contributed by atoms with E-state index in [1.165, 1.54) is 12.1 Å². The van der Waals surface area contributed by atoms with E-state index in [0.717, 1.165) is 9.87 Å². The van der Waals surface area contributed by atoms with Crippen molar-refractivity contribution in [1.29, 1.82) is 0 Å². The van der Waals surface area contributed by atoms with Crippen molar-refractivity contribution >= 4 is 26.0 Å². The summed E-state index contributed by atoms with van der Waals surface area (Å²) in [6.07, 6.45) is -2.02. The van der Waals surface area contributed by atoms with Gasteiger partial charge in [0.2, 0.25) is 10.0 Å². The Morgan fingerprint density at radius 3 is 2.11 bits per heavy atom. The molecule has 2 atom stereocenters. The number of halogens is 1. The van der Waals surface area contributed by atoms with Crippen LogP contribution in [0.4, 0.5) is 0 Å². The molecule has 18 heavy (non-hydrogen) atoms. The number of aliphatic hydroxyl groups is 2. The van der Waals surface area contributed by atoms with Crippen LogP contribution in [0.5, 0.6) is 0 Å². The predicted molar refractivity (Wildman–Crippen MR) is 69.8 cm³/mol. The molecule has 0 aromatic heterocycles. The van der Waals surface area contributed by atoms with Gasteiger partial charge in [-0.15, -0.1) is 0 Å². The molecule has 0 spiro atoms. The molecule has 100 valence electrons. The number of rotatable bonds is 3. The third-order valence-electron chi connectivity index (χ3n) is 2.94. The molecule has 0 radical (unpaired) electrons. The summed E-state index contributed by atoms with van der Waals surface area (Å²) >= 11 is 3.29. The van der Waals surface area contributed by atoms with Crippen LogP contribution in [0.2, 0.25) is 0 Å². The van der Waals surface area contributed by atoms with Crippen LogP contribution in [0.25, 0.3) is 0 Å². The number of hydrogen-bond donors (Lipinski definition) is 2. The summed E-state index contributed by atoms with van der Waals surface area (Å²) in [7, 11) is -3.63. The standard InChI is InChI=1S/C11H14BrNO4S/c12-5-8-1-3-9(4-2-8)18(16,17)13-6-10(14)11(15)7-13/h1-4,10-11,14-15H,5-7H2/t10-,11+. The van der Waals surface area contributed by atoms with Gasteiger partial charge >= 0.3 is 0 Å². The van der Waals surface area contributed by atoms with Crippen molar-refractivity contribution in [1.82, 2.24) is 4.31 Å². The number of β-amino-alcohol motifs (C(OH)–C–C–N with tert-alkyl or cyclic N) is 2. The third-order valence-corrected chi connectivity index (χ3v) is 5.43. The Bertz CT molecular complexity index is 506. The molecular formula is C11H14BrNO4S. The summed E-state index contributed by atoms with van der Waals surface area (Å²) < 4.78 is 25.5. The second-order valence-electron chi connectivity index (χ2n) is 4.23. The van der Waals surface area contributed by atoms with Gasteiger partial charge in [-0.25, -0.2) is 8.42 Å². The third kappa shape index (κ3) is 2.60. The number of alkyl halides is 1. The van der Waals surface area contributed by atoms with E-state index in [4.69, 9.17) is 0 Å². The van der Waals surface area contributed by atoms with Crippen LogP contribution in [0.15, 0.2) is 29.2 Å². The van der Waals surface area contributed by atoms with Gasteiger partial charge < -0.3 is 10.2 Å². The SMILES string of the molecule is O=S(=O)(c1ccc(CBr)cc1)N1C[C@@H](O)[C@@H](O)C1. The van der Waals surface area contributed by atoms with Crippen LogP contribution in [0, 0.1) is 0 Å². The molecular weight excluding hydrogens is 322 g/mol. The fourth-order valence-electron chi connectivity index (χ4n) is 1.83. The van der Waals surface area contributed by atoms with Crippen molar-refractivity contribution < 1.29 is 18.6 Å². The molecule has 1 heterocycles. The smallest absolute Gasteiger partial charge is 0.243 e. The van der Waals surface area contributed by atoms with E-state index in [0.29, 0.717) is 5.33 Å². The summed E-state index contributed by atoms with van der Waals surface area (Å²) in [6.45, 7) is -0.132. The molecule has 0 aliphatic carbocycles. The lowest BCUT2D eigenvalue weighted by atomic mass is 10.2. The van der Waals surface area contributed by atoms with E-state index in [1.54, 1.807) is 12.1 Å². The zero-order valence-corrected chi connectivity index (χ0v) is 11.9. The summed E-state index contributed by atoms with van der Waals surface area (Å²) in [5, 5.41) is 19.5. The maximum absolute atomic E-state index is 12.2. The first-order chi connectivity index (χ1) is 8.45. The van der Waals surface area contributed by atoms with E-state index in [1.807, 2.05) is 0 Å². The molecule has 1 fully saturated rings. The highest BCUT2D eigenvalue weighted by molar-refractivity contribution is 9.08. The molecule has 5 nitrogen and oxygen atoms in total. The van der Waals surface area contributed by atoms with Gasteiger partial charge in [0.25, 0.3) is 0 Å². The maximum atomic E-state index is 12.2. The van der Waals surface area contributed by atoms with Crippen molar-refractivity contribution in [2.75, 3.05) is 13.1 Å². The minimum absolute atomic E-state index is 0.0658. The normalized spacial score (nSPS) is 25.5. The van der Waals surface area contributed by atoms with Crippen LogP contribution >= 0.6 is 15.9 Å². The zero-order valence-electron chi connectivity index (χ0n) is 9.53. The Kier molecular flexibility index (Phi) is 4.08. The molecule has 1 aromatic carbocycles. The lowest BCUT2D eigenvalue weighted by Gasteiger charge is -2.15. The lowest BCUT2D eigenvalue weighted by molar-refractivity contribution is 0.0572. The van der Waals surface area contributed by atoms with Gasteiger partial charge in [-0.05, 0) is 17.7 Å². The van der Waals surface area contributed by atoms with Crippen LogP contribution in [0.3, 0.4) is 0 Å². The number of hydrogen-bond acceptors (Lipinski definition) is 4. The molecule has 1 aromatic rings. The molecule has 0 unspecified atom stereocenters. The number of benzene rings is 1. The fourth-order valence-corrected chi connectivity index (χ4v) is 3.68. The molecule has 7 heteroatoms. The molecule has 1 aliphatic heterocycles. The van der Waals surface area contributed by atoms with Crippen molar-refractivity contribution in [3.63, 3.8) is 0 Å². The van der Waals surface area contributed by atoms with Gasteiger partial charge in [0.1, 0.15) is 0 Å². The minimum atomic E-state index is -3.63. The Hall–Kier alpha value is -0.470. The quantitative estimate of drug-likeness (QED) is 0.779. The molecule has 2 rings (SSSR count). The lowest BCUT2D eigenvalue weighted by Crippen LogP contribution is -2.29. The van der Waals surface area contributed by atoms with Gasteiger partial charge in [0.15, 0.2) is 0 Å². The van der Waals surface area contributed by atoms with Crippen LogP contribution in [0.1, 0.15) is 5.56 Å². The fraction of sp³-hybridized carbons (Fsp3) is 0.455. The Balaban J connectivity index is 2.25. The summed E-state index contributed by atoms with van der Waals surface area (Å²) in [5.41, 5.74) is 0.982. The van der Waals surface area contributed by atoms with E-state index in [2.05, 4.69) is 15.9 Å². The highest BCUT2D eigenvalue weighted by atomic mass is 79.9. The van der Waals surface area contributed by atoms with Crippen molar-refractivity contribution in [3.05, 3.63) is 29.8 Å². The van der Waals surface area contributed by atoms with Gasteiger partial charge in [0.05, 0.1) is 17.1 Å². The molecule has 1 saturated heterocycles.